The van der Waals surface area contributed by atoms with Crippen molar-refractivity contribution in [2.24, 2.45) is 11.5 Å². The lowest BCUT2D eigenvalue weighted by molar-refractivity contribution is 0.0996. The zero-order valence-corrected chi connectivity index (χ0v) is 16.2. The molecule has 7 heteroatoms. The third kappa shape index (κ3) is 3.69. The number of fused-ring (bicyclic) bond motifs is 1. The Morgan fingerprint density at radius 2 is 1.79 bits per heavy atom. The number of carbonyl (C=O) groups is 2. The highest BCUT2D eigenvalue weighted by Gasteiger charge is 2.36. The average molecular weight is 391 g/mol. The molecule has 1 aromatic heterocycles. The van der Waals surface area contributed by atoms with Crippen LogP contribution in [0, 0.1) is 0 Å². The number of anilines is 1. The average Bonchev–Trinajstić information content (AvgIpc) is 3.18. The second-order valence-electron chi connectivity index (χ2n) is 7.62. The summed E-state index contributed by atoms with van der Waals surface area (Å²) in [5.74, 6) is -0.512. The van der Waals surface area contributed by atoms with Gasteiger partial charge < -0.3 is 26.7 Å². The molecule has 0 bridgehead atoms. The lowest BCUT2D eigenvalue weighted by Crippen LogP contribution is -2.49. The first-order valence-electron chi connectivity index (χ1n) is 9.75. The second kappa shape index (κ2) is 7.60. The molecule has 0 radical (unpaired) electrons. The van der Waals surface area contributed by atoms with Crippen molar-refractivity contribution in [3.8, 4) is 0 Å². The maximum Gasteiger partial charge on any atom is 0.321 e. The first kappa shape index (κ1) is 19.0. The number of H-pyrrole nitrogens is 1. The van der Waals surface area contributed by atoms with Crippen molar-refractivity contribution >= 4 is 28.5 Å². The van der Waals surface area contributed by atoms with Crippen LogP contribution in [0.4, 0.5) is 10.5 Å². The zero-order chi connectivity index (χ0) is 20.4. The molecule has 0 saturated carbocycles. The Balaban J connectivity index is 1.43. The van der Waals surface area contributed by atoms with Gasteiger partial charge in [-0.05, 0) is 42.7 Å². The van der Waals surface area contributed by atoms with Crippen LogP contribution in [0.25, 0.3) is 10.9 Å². The Hall–Kier alpha value is -3.32. The van der Waals surface area contributed by atoms with Crippen LogP contribution in [-0.2, 0) is 5.41 Å². The number of hydrogen-bond acceptors (Lipinski definition) is 3. The van der Waals surface area contributed by atoms with Gasteiger partial charge in [0, 0.05) is 41.6 Å². The molecule has 7 nitrogen and oxygen atoms in total. The van der Waals surface area contributed by atoms with Gasteiger partial charge in [0.05, 0.1) is 0 Å². The third-order valence-electron chi connectivity index (χ3n) is 5.92. The van der Waals surface area contributed by atoms with Gasteiger partial charge in [-0.25, -0.2) is 4.79 Å². The highest BCUT2D eigenvalue weighted by Crippen LogP contribution is 2.34. The minimum Gasteiger partial charge on any atom is -0.364 e. The van der Waals surface area contributed by atoms with Crippen molar-refractivity contribution in [1.82, 2.24) is 9.88 Å². The van der Waals surface area contributed by atoms with Crippen molar-refractivity contribution in [3.63, 3.8) is 0 Å². The van der Waals surface area contributed by atoms with Crippen LogP contribution in [0.3, 0.4) is 0 Å². The molecule has 0 atom stereocenters. The lowest BCUT2D eigenvalue weighted by atomic mass is 9.73. The molecule has 3 amide bonds. The first-order chi connectivity index (χ1) is 14.0. The number of carbonyl (C=O) groups excluding carboxylic acids is 2. The summed E-state index contributed by atoms with van der Waals surface area (Å²) in [4.78, 5) is 28.9. The number of amides is 3. The summed E-state index contributed by atoms with van der Waals surface area (Å²) in [6.45, 7) is 1.87. The lowest BCUT2D eigenvalue weighted by Gasteiger charge is -2.41. The number of likely N-dealkylation sites (tertiary alicyclic amines) is 1. The van der Waals surface area contributed by atoms with E-state index in [1.807, 2.05) is 35.2 Å². The number of aromatic nitrogens is 1. The molecule has 4 rings (SSSR count). The fraction of sp³-hybridized carbons (Fsp3) is 0.273. The Labute approximate surface area is 169 Å². The molecule has 6 N–H and O–H groups in total. The summed E-state index contributed by atoms with van der Waals surface area (Å²) in [5.41, 5.74) is 14.4. The van der Waals surface area contributed by atoms with Crippen molar-refractivity contribution < 1.29 is 9.59 Å². The molecule has 1 aliphatic heterocycles. The van der Waals surface area contributed by atoms with Crippen LogP contribution < -0.4 is 16.8 Å². The quantitative estimate of drug-likeness (QED) is 0.548. The Bertz CT molecular complexity index is 1040. The number of nitrogens with one attached hydrogen (secondary N) is 2. The van der Waals surface area contributed by atoms with E-state index >= 15 is 0 Å². The number of benzene rings is 2. The highest BCUT2D eigenvalue weighted by molar-refractivity contribution is 5.99. The molecule has 1 fully saturated rings. The molecule has 2 heterocycles. The smallest absolute Gasteiger partial charge is 0.321 e. The molecular formula is C22H25N5O2. The Morgan fingerprint density at radius 3 is 2.45 bits per heavy atom. The molecular weight excluding hydrogens is 366 g/mol. The summed E-state index contributed by atoms with van der Waals surface area (Å²) in [5, 5.41) is 3.77. The predicted molar refractivity (Wildman–Crippen MR) is 114 cm³/mol. The minimum absolute atomic E-state index is 0.0762. The summed E-state index contributed by atoms with van der Waals surface area (Å²) in [6, 6.07) is 17.3. The third-order valence-corrected chi connectivity index (χ3v) is 5.92. The van der Waals surface area contributed by atoms with Gasteiger partial charge in [-0.15, -0.1) is 0 Å². The number of nitrogens with two attached hydrogens (primary N) is 2. The van der Waals surface area contributed by atoms with Crippen LogP contribution in [-0.4, -0.2) is 41.5 Å². The van der Waals surface area contributed by atoms with E-state index in [2.05, 4.69) is 22.4 Å². The van der Waals surface area contributed by atoms with Gasteiger partial charge in [-0.1, -0.05) is 30.3 Å². The van der Waals surface area contributed by atoms with E-state index in [0.717, 1.165) is 23.7 Å². The van der Waals surface area contributed by atoms with Gasteiger partial charge >= 0.3 is 6.03 Å². The minimum atomic E-state index is -0.512. The van der Waals surface area contributed by atoms with Crippen LogP contribution >= 0.6 is 0 Å². The largest absolute Gasteiger partial charge is 0.364 e. The van der Waals surface area contributed by atoms with Crippen molar-refractivity contribution in [2.45, 2.75) is 18.3 Å². The van der Waals surface area contributed by atoms with Crippen molar-refractivity contribution in [2.75, 3.05) is 25.0 Å². The summed E-state index contributed by atoms with van der Waals surface area (Å²) in [6.07, 6.45) is 1.67. The molecule has 0 aliphatic carbocycles. The van der Waals surface area contributed by atoms with Crippen LogP contribution in [0.15, 0.2) is 54.6 Å². The van der Waals surface area contributed by atoms with Crippen molar-refractivity contribution in [3.05, 3.63) is 65.9 Å². The maximum absolute atomic E-state index is 12.8. The number of aromatic amines is 1. The monoisotopic (exact) mass is 391 g/mol. The number of nitrogens with zero attached hydrogens (tertiary/aromatic N) is 1. The number of primary amides is 1. The van der Waals surface area contributed by atoms with Gasteiger partial charge in [0.25, 0.3) is 5.91 Å². The summed E-state index contributed by atoms with van der Waals surface area (Å²) in [7, 11) is 0. The molecule has 150 valence electrons. The Kier molecular flexibility index (Phi) is 4.98. The van der Waals surface area contributed by atoms with Crippen LogP contribution in [0.2, 0.25) is 0 Å². The van der Waals surface area contributed by atoms with E-state index in [1.54, 1.807) is 12.1 Å². The maximum atomic E-state index is 12.8. The van der Waals surface area contributed by atoms with Gasteiger partial charge in [-0.2, -0.15) is 0 Å². The van der Waals surface area contributed by atoms with E-state index in [1.165, 1.54) is 5.56 Å². The number of rotatable bonds is 4. The van der Waals surface area contributed by atoms with E-state index in [9.17, 15) is 9.59 Å². The standard InChI is InChI=1S/C22H25N5O2/c23-14-22(16-4-2-1-3-5-16)8-10-27(11-9-22)21(29)25-17-6-7-18-15(12-17)13-19(26-18)20(24)28/h1-7,12-13,26H,8-11,14,23H2,(H2,24,28)(H,25,29). The highest BCUT2D eigenvalue weighted by atomic mass is 16.2. The van der Waals surface area contributed by atoms with Gasteiger partial charge in [0.15, 0.2) is 0 Å². The van der Waals surface area contributed by atoms with Crippen LogP contribution in [0.5, 0.6) is 0 Å². The summed E-state index contributed by atoms with van der Waals surface area (Å²) >= 11 is 0. The molecule has 0 unspecified atom stereocenters. The Morgan fingerprint density at radius 1 is 1.07 bits per heavy atom. The van der Waals surface area contributed by atoms with Gasteiger partial charge in [0.2, 0.25) is 0 Å². The fourth-order valence-electron chi connectivity index (χ4n) is 4.09. The predicted octanol–water partition coefficient (Wildman–Crippen LogP) is 2.79. The molecule has 2 aromatic carbocycles. The molecule has 1 aliphatic rings. The van der Waals surface area contributed by atoms with E-state index in [-0.39, 0.29) is 11.4 Å². The zero-order valence-electron chi connectivity index (χ0n) is 16.2. The van der Waals surface area contributed by atoms with Gasteiger partial charge in [-0.3, -0.25) is 4.79 Å². The van der Waals surface area contributed by atoms with Crippen molar-refractivity contribution in [1.29, 1.82) is 0 Å². The molecule has 1 saturated heterocycles. The number of piperidine rings is 1. The SMILES string of the molecule is NCC1(c2ccccc2)CCN(C(=O)Nc2ccc3[nH]c(C(N)=O)cc3c2)CC1. The molecule has 29 heavy (non-hydrogen) atoms. The number of urea groups is 1. The second-order valence-corrected chi connectivity index (χ2v) is 7.62. The van der Waals surface area contributed by atoms with Gasteiger partial charge in [0.1, 0.15) is 5.69 Å². The van der Waals surface area contributed by atoms with E-state index in [0.29, 0.717) is 31.0 Å². The fourth-order valence-corrected chi connectivity index (χ4v) is 4.09. The van der Waals surface area contributed by atoms with Crippen LogP contribution in [0.1, 0.15) is 28.9 Å². The first-order valence-corrected chi connectivity index (χ1v) is 9.75. The number of hydrogen-bond donors (Lipinski definition) is 4. The topological polar surface area (TPSA) is 117 Å². The van der Waals surface area contributed by atoms with E-state index < -0.39 is 5.91 Å². The normalized spacial score (nSPS) is 16.0. The van der Waals surface area contributed by atoms with E-state index in [4.69, 9.17) is 11.5 Å². The molecule has 0 spiro atoms. The molecule has 3 aromatic rings. The summed E-state index contributed by atoms with van der Waals surface area (Å²) < 4.78 is 0.